The van der Waals surface area contributed by atoms with Gasteiger partial charge in [-0.05, 0) is 59.7 Å². The molecule has 0 atom stereocenters. The summed E-state index contributed by atoms with van der Waals surface area (Å²) in [7, 11) is -0.458. The number of thiazole rings is 1. The molecule has 31 heavy (non-hydrogen) atoms. The average Bonchev–Trinajstić information content (AvgIpc) is 3.10. The molecule has 0 aliphatic heterocycles. The van der Waals surface area contributed by atoms with Crippen LogP contribution in [0.1, 0.15) is 0 Å². The van der Waals surface area contributed by atoms with Gasteiger partial charge in [-0.3, -0.25) is 0 Å². The lowest BCUT2D eigenvalue weighted by Crippen LogP contribution is -2.14. The van der Waals surface area contributed by atoms with E-state index < -0.39 is 10.0 Å². The Kier molecular flexibility index (Phi) is 6.00. The van der Waals surface area contributed by atoms with Crippen LogP contribution < -0.4 is 9.54 Å². The van der Waals surface area contributed by atoms with Gasteiger partial charge in [-0.15, -0.1) is 4.40 Å². The molecule has 0 N–H and O–H groups in total. The van der Waals surface area contributed by atoms with Crippen molar-refractivity contribution in [2.75, 3.05) is 7.11 Å². The number of ether oxygens (including phenoxy) is 1. The zero-order chi connectivity index (χ0) is 22.0. The van der Waals surface area contributed by atoms with Crippen molar-refractivity contribution in [1.29, 1.82) is 0 Å². The van der Waals surface area contributed by atoms with Gasteiger partial charge in [0.15, 0.2) is 0 Å². The summed E-state index contributed by atoms with van der Waals surface area (Å²) in [6.45, 7) is 0. The Morgan fingerprint density at radius 3 is 2.16 bits per heavy atom. The summed E-state index contributed by atoms with van der Waals surface area (Å²) in [5.41, 5.74) is 2.80. The smallest absolute Gasteiger partial charge is 0.285 e. The van der Waals surface area contributed by atoms with Gasteiger partial charge in [0.1, 0.15) is 5.75 Å². The molecule has 1 aromatic heterocycles. The van der Waals surface area contributed by atoms with Crippen molar-refractivity contribution in [3.05, 3.63) is 88.7 Å². The highest BCUT2D eigenvalue weighted by molar-refractivity contribution is 7.90. The first-order chi connectivity index (χ1) is 14.9. The summed E-state index contributed by atoms with van der Waals surface area (Å²) in [6.07, 6.45) is 0. The topological polar surface area (TPSA) is 60.7 Å². The van der Waals surface area contributed by atoms with Gasteiger partial charge in [0.05, 0.1) is 22.6 Å². The number of aromatic nitrogens is 1. The third kappa shape index (κ3) is 4.44. The summed E-state index contributed by atoms with van der Waals surface area (Å²) >= 11 is 7.22. The summed E-state index contributed by atoms with van der Waals surface area (Å²) in [5.74, 6) is 0.748. The van der Waals surface area contributed by atoms with Crippen molar-refractivity contribution in [2.45, 2.75) is 4.90 Å². The highest BCUT2D eigenvalue weighted by Crippen LogP contribution is 2.35. The van der Waals surface area contributed by atoms with Crippen molar-refractivity contribution in [3.8, 4) is 27.4 Å². The normalized spacial score (nSPS) is 12.2. The van der Waals surface area contributed by atoms with E-state index in [0.717, 1.165) is 27.4 Å². The third-order valence-corrected chi connectivity index (χ3v) is 7.57. The molecule has 0 aliphatic carbocycles. The van der Waals surface area contributed by atoms with Gasteiger partial charge in [-0.2, -0.15) is 8.42 Å². The average molecular weight is 471 g/mol. The predicted octanol–water partition coefficient (Wildman–Crippen LogP) is 5.37. The van der Waals surface area contributed by atoms with Gasteiger partial charge in [0.2, 0.25) is 4.80 Å². The monoisotopic (exact) mass is 470 g/mol. The highest BCUT2D eigenvalue weighted by Gasteiger charge is 2.18. The summed E-state index contributed by atoms with van der Waals surface area (Å²) in [6, 6.07) is 23.5. The first-order valence-electron chi connectivity index (χ1n) is 9.35. The third-order valence-electron chi connectivity index (χ3n) is 4.74. The van der Waals surface area contributed by atoms with Crippen molar-refractivity contribution < 1.29 is 13.2 Å². The highest BCUT2D eigenvalue weighted by atomic mass is 35.5. The van der Waals surface area contributed by atoms with Gasteiger partial charge in [0.25, 0.3) is 10.0 Å². The van der Waals surface area contributed by atoms with Crippen LogP contribution in [0, 0.1) is 0 Å². The number of nitrogens with zero attached hydrogens (tertiary/aromatic N) is 2. The quantitative estimate of drug-likeness (QED) is 0.394. The fraction of sp³-hybridized carbons (Fsp3) is 0.0870. The molecule has 158 valence electrons. The molecule has 8 heteroatoms. The summed E-state index contributed by atoms with van der Waals surface area (Å²) in [5, 5.41) is 0.466. The Labute approximate surface area is 189 Å². The van der Waals surface area contributed by atoms with Crippen LogP contribution in [0.4, 0.5) is 0 Å². The Morgan fingerprint density at radius 1 is 0.903 bits per heavy atom. The number of benzene rings is 3. The molecule has 0 unspecified atom stereocenters. The second-order valence-electron chi connectivity index (χ2n) is 6.74. The first kappa shape index (κ1) is 21.4. The molecule has 4 aromatic rings. The number of hydrogen-bond acceptors (Lipinski definition) is 4. The molecular formula is C23H19ClN2O3S2. The molecule has 0 saturated carbocycles. The minimum Gasteiger partial charge on any atom is -0.497 e. The van der Waals surface area contributed by atoms with Gasteiger partial charge in [-0.1, -0.05) is 53.3 Å². The molecule has 3 aromatic carbocycles. The lowest BCUT2D eigenvalue weighted by atomic mass is 10.1. The summed E-state index contributed by atoms with van der Waals surface area (Å²) in [4.78, 5) is 1.40. The van der Waals surface area contributed by atoms with Crippen molar-refractivity contribution in [3.63, 3.8) is 0 Å². The van der Waals surface area contributed by atoms with Crippen molar-refractivity contribution in [2.24, 2.45) is 11.4 Å². The van der Waals surface area contributed by atoms with Crippen LogP contribution in [-0.4, -0.2) is 20.1 Å². The molecule has 0 saturated heterocycles. The minimum absolute atomic E-state index is 0.0950. The van der Waals surface area contributed by atoms with Crippen LogP contribution in [0.25, 0.3) is 21.7 Å². The van der Waals surface area contributed by atoms with Gasteiger partial charge in [-0.25, -0.2) is 0 Å². The SMILES string of the molecule is COc1ccc(-c2c(-c3ccccc3)sc(=NS(=O)(=O)c3ccc(Cl)cc3)n2C)cc1. The fourth-order valence-electron chi connectivity index (χ4n) is 3.16. The second-order valence-corrected chi connectivity index (χ2v) is 9.75. The molecule has 0 aliphatic rings. The molecule has 0 amide bonds. The number of methoxy groups -OCH3 is 1. The van der Waals surface area contributed by atoms with Crippen molar-refractivity contribution in [1.82, 2.24) is 4.57 Å². The number of hydrogen-bond donors (Lipinski definition) is 0. The maximum atomic E-state index is 12.9. The molecule has 4 rings (SSSR count). The molecule has 0 fully saturated rings. The Balaban J connectivity index is 1.93. The van der Waals surface area contributed by atoms with E-state index in [1.807, 2.05) is 66.2 Å². The van der Waals surface area contributed by atoms with Crippen LogP contribution in [-0.2, 0) is 17.1 Å². The zero-order valence-corrected chi connectivity index (χ0v) is 19.2. The maximum Gasteiger partial charge on any atom is 0.285 e. The summed E-state index contributed by atoms with van der Waals surface area (Å²) < 4.78 is 37.0. The predicted molar refractivity (Wildman–Crippen MR) is 125 cm³/mol. The van der Waals surface area contributed by atoms with E-state index in [0.29, 0.717) is 9.82 Å². The Hall–Kier alpha value is -2.87. The molecule has 1 heterocycles. The van der Waals surface area contributed by atoms with Crippen LogP contribution in [0.3, 0.4) is 0 Å². The van der Waals surface area contributed by atoms with Crippen LogP contribution in [0.15, 0.2) is 88.2 Å². The lowest BCUT2D eigenvalue weighted by molar-refractivity contribution is 0.415. The first-order valence-corrected chi connectivity index (χ1v) is 12.0. The molecule has 0 spiro atoms. The molecule has 0 radical (unpaired) electrons. The molecular weight excluding hydrogens is 452 g/mol. The van der Waals surface area contributed by atoms with Gasteiger partial charge in [0, 0.05) is 12.1 Å². The van der Waals surface area contributed by atoms with Crippen molar-refractivity contribution >= 4 is 33.0 Å². The van der Waals surface area contributed by atoms with E-state index in [9.17, 15) is 8.42 Å². The van der Waals surface area contributed by atoms with Gasteiger partial charge < -0.3 is 9.30 Å². The zero-order valence-electron chi connectivity index (χ0n) is 16.8. The van der Waals surface area contributed by atoms with Gasteiger partial charge >= 0.3 is 0 Å². The second kappa shape index (κ2) is 8.70. The van der Waals surface area contributed by atoms with Crippen LogP contribution in [0.5, 0.6) is 5.75 Å². The Morgan fingerprint density at radius 2 is 1.55 bits per heavy atom. The standard InChI is InChI=1S/C23H19ClN2O3S2/c1-26-21(16-8-12-19(29-2)13-9-16)22(17-6-4-3-5-7-17)30-23(26)25-31(27,28)20-14-10-18(24)11-15-20/h3-15H,1-2H3. The lowest BCUT2D eigenvalue weighted by Gasteiger charge is -2.08. The Bertz CT molecular complexity index is 1370. The van der Waals surface area contributed by atoms with E-state index in [1.54, 1.807) is 7.11 Å². The number of halogens is 1. The van der Waals surface area contributed by atoms with E-state index in [1.165, 1.54) is 35.6 Å². The van der Waals surface area contributed by atoms with E-state index in [4.69, 9.17) is 16.3 Å². The van der Waals surface area contributed by atoms with E-state index in [2.05, 4.69) is 4.40 Å². The van der Waals surface area contributed by atoms with E-state index >= 15 is 0 Å². The van der Waals surface area contributed by atoms with Crippen LogP contribution >= 0.6 is 22.9 Å². The largest absolute Gasteiger partial charge is 0.497 e. The maximum absolute atomic E-state index is 12.9. The molecule has 5 nitrogen and oxygen atoms in total. The van der Waals surface area contributed by atoms with Crippen LogP contribution in [0.2, 0.25) is 5.02 Å². The number of rotatable bonds is 5. The fourth-order valence-corrected chi connectivity index (χ4v) is 5.66. The van der Waals surface area contributed by atoms with E-state index in [-0.39, 0.29) is 4.90 Å². The molecule has 0 bridgehead atoms. The number of sulfonamides is 1. The minimum atomic E-state index is -3.90.